The van der Waals surface area contributed by atoms with Crippen molar-refractivity contribution in [2.45, 2.75) is 20.4 Å². The molecule has 0 aliphatic carbocycles. The van der Waals surface area contributed by atoms with Crippen LogP contribution in [0.5, 0.6) is 0 Å². The average molecular weight is 539 g/mol. The van der Waals surface area contributed by atoms with Gasteiger partial charge in [0, 0.05) is 0 Å². The first-order chi connectivity index (χ1) is 19.0. The Balaban J connectivity index is 1.44. The SMILES string of the molecule is CCOC(=O)c1sc(N(Cc2ccccc2)C(=O)COC(=O)c2c3ccccc3cc3ccccc23)nc1C. The van der Waals surface area contributed by atoms with Gasteiger partial charge in [-0.3, -0.25) is 9.69 Å². The average Bonchev–Trinajstić information content (AvgIpc) is 3.35. The molecule has 1 aromatic heterocycles. The summed E-state index contributed by atoms with van der Waals surface area (Å²) in [6.45, 7) is 3.37. The number of aryl methyl sites for hydroxylation is 1. The van der Waals surface area contributed by atoms with Gasteiger partial charge in [-0.15, -0.1) is 0 Å². The molecule has 1 heterocycles. The molecular weight excluding hydrogens is 512 g/mol. The molecular formula is C31H26N2O5S. The summed E-state index contributed by atoms with van der Waals surface area (Å²) in [4.78, 5) is 45.6. The number of thiazole rings is 1. The van der Waals surface area contributed by atoms with Crippen molar-refractivity contribution in [1.29, 1.82) is 0 Å². The molecule has 0 saturated carbocycles. The molecule has 1 amide bonds. The van der Waals surface area contributed by atoms with Gasteiger partial charge >= 0.3 is 11.9 Å². The normalized spacial score (nSPS) is 10.9. The molecule has 5 rings (SSSR count). The molecule has 0 unspecified atom stereocenters. The van der Waals surface area contributed by atoms with Gasteiger partial charge in [0.2, 0.25) is 0 Å². The maximum atomic E-state index is 13.5. The van der Waals surface area contributed by atoms with E-state index in [9.17, 15) is 14.4 Å². The fourth-order valence-electron chi connectivity index (χ4n) is 4.42. The number of anilines is 1. The molecule has 0 atom stereocenters. The minimum Gasteiger partial charge on any atom is -0.462 e. The molecule has 196 valence electrons. The highest BCUT2D eigenvalue weighted by Crippen LogP contribution is 2.30. The molecule has 7 nitrogen and oxygen atoms in total. The third kappa shape index (κ3) is 5.51. The lowest BCUT2D eigenvalue weighted by molar-refractivity contribution is -0.121. The molecule has 0 radical (unpaired) electrons. The summed E-state index contributed by atoms with van der Waals surface area (Å²) in [6.07, 6.45) is 0. The number of ether oxygens (including phenoxy) is 2. The van der Waals surface area contributed by atoms with Crippen molar-refractivity contribution in [3.63, 3.8) is 0 Å². The summed E-state index contributed by atoms with van der Waals surface area (Å²) in [6, 6.07) is 26.6. The first kappa shape index (κ1) is 26.1. The number of amides is 1. The van der Waals surface area contributed by atoms with Crippen LogP contribution >= 0.6 is 11.3 Å². The Morgan fingerprint density at radius 2 is 1.44 bits per heavy atom. The number of hydrogen-bond acceptors (Lipinski definition) is 7. The van der Waals surface area contributed by atoms with E-state index in [4.69, 9.17) is 9.47 Å². The zero-order valence-corrected chi connectivity index (χ0v) is 22.4. The number of fused-ring (bicyclic) bond motifs is 2. The van der Waals surface area contributed by atoms with Gasteiger partial charge in [0.25, 0.3) is 5.91 Å². The van der Waals surface area contributed by atoms with E-state index < -0.39 is 24.5 Å². The predicted molar refractivity (Wildman–Crippen MR) is 152 cm³/mol. The highest BCUT2D eigenvalue weighted by molar-refractivity contribution is 7.17. The Morgan fingerprint density at radius 3 is 2.08 bits per heavy atom. The van der Waals surface area contributed by atoms with Crippen LogP contribution in [-0.2, 0) is 20.8 Å². The van der Waals surface area contributed by atoms with Crippen molar-refractivity contribution >= 4 is 55.9 Å². The van der Waals surface area contributed by atoms with E-state index in [1.54, 1.807) is 13.8 Å². The number of esters is 2. The maximum absolute atomic E-state index is 13.5. The Kier molecular flexibility index (Phi) is 7.65. The standard InChI is InChI=1S/C31H26N2O5S/c1-3-37-30(36)28-20(2)32-31(39-28)33(18-21-11-5-4-6-12-21)26(34)19-38-29(35)27-24-15-9-7-13-22(24)17-23-14-8-10-16-25(23)27/h4-17H,3,18-19H2,1-2H3. The summed E-state index contributed by atoms with van der Waals surface area (Å²) in [5.74, 6) is -1.53. The van der Waals surface area contributed by atoms with Crippen molar-refractivity contribution in [2.75, 3.05) is 18.1 Å². The minimum atomic E-state index is -0.585. The molecule has 0 bridgehead atoms. The van der Waals surface area contributed by atoms with Gasteiger partial charge in [-0.2, -0.15) is 0 Å². The number of nitrogens with zero attached hydrogens (tertiary/aromatic N) is 2. The van der Waals surface area contributed by atoms with Gasteiger partial charge in [-0.1, -0.05) is 90.2 Å². The number of rotatable bonds is 8. The fraction of sp³-hybridized carbons (Fsp3) is 0.161. The lowest BCUT2D eigenvalue weighted by Gasteiger charge is -2.20. The van der Waals surface area contributed by atoms with E-state index in [-0.39, 0.29) is 13.2 Å². The highest BCUT2D eigenvalue weighted by atomic mass is 32.1. The van der Waals surface area contributed by atoms with Crippen LogP contribution in [0.4, 0.5) is 5.13 Å². The van der Waals surface area contributed by atoms with E-state index in [1.165, 1.54) is 4.90 Å². The summed E-state index contributed by atoms with van der Waals surface area (Å²) in [5.41, 5.74) is 1.75. The molecule has 5 aromatic rings. The Bertz CT molecular complexity index is 1630. The van der Waals surface area contributed by atoms with E-state index in [0.717, 1.165) is 38.4 Å². The van der Waals surface area contributed by atoms with E-state index in [0.29, 0.717) is 21.3 Å². The summed E-state index contributed by atoms with van der Waals surface area (Å²) < 4.78 is 10.8. The number of carbonyl (C=O) groups is 3. The van der Waals surface area contributed by atoms with Gasteiger partial charge in [-0.25, -0.2) is 14.6 Å². The quantitative estimate of drug-likeness (QED) is 0.170. The van der Waals surface area contributed by atoms with Crippen LogP contribution in [0.25, 0.3) is 21.5 Å². The second-order valence-electron chi connectivity index (χ2n) is 8.87. The molecule has 0 saturated heterocycles. The lowest BCUT2D eigenvalue weighted by Crippen LogP contribution is -2.34. The molecule has 0 aliphatic heterocycles. The van der Waals surface area contributed by atoms with E-state index in [2.05, 4.69) is 4.98 Å². The summed E-state index contributed by atoms with van der Waals surface area (Å²) >= 11 is 1.08. The first-order valence-corrected chi connectivity index (χ1v) is 13.3. The van der Waals surface area contributed by atoms with Crippen LogP contribution in [0.15, 0.2) is 84.9 Å². The van der Waals surface area contributed by atoms with E-state index >= 15 is 0 Å². The minimum absolute atomic E-state index is 0.198. The topological polar surface area (TPSA) is 85.8 Å². The van der Waals surface area contributed by atoms with Crippen LogP contribution in [0, 0.1) is 6.92 Å². The van der Waals surface area contributed by atoms with Crippen molar-refractivity contribution < 1.29 is 23.9 Å². The molecule has 0 N–H and O–H groups in total. The summed E-state index contributed by atoms with van der Waals surface area (Å²) in [5, 5.41) is 3.65. The van der Waals surface area contributed by atoms with Crippen molar-refractivity contribution in [3.8, 4) is 0 Å². The Morgan fingerprint density at radius 1 is 0.821 bits per heavy atom. The highest BCUT2D eigenvalue weighted by Gasteiger charge is 2.26. The van der Waals surface area contributed by atoms with Crippen LogP contribution in [0.2, 0.25) is 0 Å². The first-order valence-electron chi connectivity index (χ1n) is 12.5. The monoisotopic (exact) mass is 538 g/mol. The number of benzene rings is 4. The number of hydrogen-bond donors (Lipinski definition) is 0. The third-order valence-corrected chi connectivity index (χ3v) is 7.42. The molecule has 8 heteroatoms. The summed E-state index contributed by atoms with van der Waals surface area (Å²) in [7, 11) is 0. The van der Waals surface area contributed by atoms with Gasteiger partial charge in [0.05, 0.1) is 24.4 Å². The molecule has 0 aliphatic rings. The van der Waals surface area contributed by atoms with Gasteiger partial charge < -0.3 is 9.47 Å². The smallest absolute Gasteiger partial charge is 0.350 e. The third-order valence-electron chi connectivity index (χ3n) is 6.26. The molecule has 0 spiro atoms. The van der Waals surface area contributed by atoms with Crippen molar-refractivity contribution in [2.24, 2.45) is 0 Å². The zero-order valence-electron chi connectivity index (χ0n) is 21.5. The van der Waals surface area contributed by atoms with Crippen LogP contribution in [0.1, 0.15) is 38.2 Å². The van der Waals surface area contributed by atoms with Crippen LogP contribution in [0.3, 0.4) is 0 Å². The van der Waals surface area contributed by atoms with Crippen molar-refractivity contribution in [1.82, 2.24) is 4.98 Å². The molecule has 4 aromatic carbocycles. The van der Waals surface area contributed by atoms with Crippen LogP contribution < -0.4 is 4.90 Å². The Labute approximate surface area is 229 Å². The lowest BCUT2D eigenvalue weighted by atomic mass is 9.97. The molecule has 39 heavy (non-hydrogen) atoms. The number of aromatic nitrogens is 1. The van der Waals surface area contributed by atoms with Crippen LogP contribution in [-0.4, -0.2) is 36.0 Å². The largest absolute Gasteiger partial charge is 0.462 e. The maximum Gasteiger partial charge on any atom is 0.350 e. The van der Waals surface area contributed by atoms with Gasteiger partial charge in [-0.05, 0) is 47.0 Å². The predicted octanol–water partition coefficient (Wildman–Crippen LogP) is 6.32. The van der Waals surface area contributed by atoms with E-state index in [1.807, 2.05) is 84.9 Å². The number of carbonyl (C=O) groups excluding carboxylic acids is 3. The van der Waals surface area contributed by atoms with Gasteiger partial charge in [0.15, 0.2) is 11.7 Å². The molecule has 0 fully saturated rings. The second-order valence-corrected chi connectivity index (χ2v) is 9.84. The zero-order chi connectivity index (χ0) is 27.4. The van der Waals surface area contributed by atoms with Crippen molar-refractivity contribution in [3.05, 3.63) is 107 Å². The van der Waals surface area contributed by atoms with Gasteiger partial charge in [0.1, 0.15) is 4.88 Å². The second kappa shape index (κ2) is 11.4. The Hall–Kier alpha value is -4.56. The fourth-order valence-corrected chi connectivity index (χ4v) is 5.40.